The number of nitrogens with zero attached hydrogens (tertiary/aromatic N) is 2. The highest BCUT2D eigenvalue weighted by molar-refractivity contribution is 6.30. The van der Waals surface area contributed by atoms with Crippen molar-refractivity contribution in [1.29, 1.82) is 0 Å². The van der Waals surface area contributed by atoms with Gasteiger partial charge in [-0.25, -0.2) is 4.98 Å². The molecule has 0 aliphatic rings. The molecule has 0 atom stereocenters. The zero-order valence-corrected chi connectivity index (χ0v) is 11.1. The SMILES string of the molecule is NCc1cccn2c(Cc3ccc(Cl)cc3)ncc12. The van der Waals surface area contributed by atoms with E-state index in [2.05, 4.69) is 9.38 Å². The molecule has 1 aromatic carbocycles. The molecule has 4 heteroatoms. The molecule has 2 N–H and O–H groups in total. The highest BCUT2D eigenvalue weighted by Gasteiger charge is 2.07. The van der Waals surface area contributed by atoms with Crippen molar-refractivity contribution >= 4 is 17.1 Å². The van der Waals surface area contributed by atoms with E-state index < -0.39 is 0 Å². The molecule has 0 spiro atoms. The molecular weight excluding hydrogens is 258 g/mol. The lowest BCUT2D eigenvalue weighted by Crippen LogP contribution is -2.01. The summed E-state index contributed by atoms with van der Waals surface area (Å²) in [6.45, 7) is 0.524. The summed E-state index contributed by atoms with van der Waals surface area (Å²) in [7, 11) is 0. The number of pyridine rings is 1. The number of imidazole rings is 1. The van der Waals surface area contributed by atoms with Crippen molar-refractivity contribution in [2.75, 3.05) is 0 Å². The molecule has 0 aliphatic heterocycles. The topological polar surface area (TPSA) is 43.3 Å². The van der Waals surface area contributed by atoms with Crippen molar-refractivity contribution in [2.24, 2.45) is 5.73 Å². The van der Waals surface area contributed by atoms with Gasteiger partial charge in [0, 0.05) is 24.2 Å². The van der Waals surface area contributed by atoms with Gasteiger partial charge >= 0.3 is 0 Å². The van der Waals surface area contributed by atoms with Crippen LogP contribution in [-0.2, 0) is 13.0 Å². The predicted octanol–water partition coefficient (Wildman–Crippen LogP) is 3.04. The Morgan fingerprint density at radius 1 is 1.16 bits per heavy atom. The molecule has 2 aromatic heterocycles. The van der Waals surface area contributed by atoms with Crippen LogP contribution in [0.15, 0.2) is 48.8 Å². The van der Waals surface area contributed by atoms with Crippen molar-refractivity contribution in [3.05, 3.63) is 70.8 Å². The summed E-state index contributed by atoms with van der Waals surface area (Å²) in [5.74, 6) is 1.01. The fourth-order valence-corrected chi connectivity index (χ4v) is 2.35. The summed E-state index contributed by atoms with van der Waals surface area (Å²) < 4.78 is 2.09. The van der Waals surface area contributed by atoms with Crippen molar-refractivity contribution in [3.8, 4) is 0 Å². The van der Waals surface area contributed by atoms with Crippen LogP contribution in [-0.4, -0.2) is 9.38 Å². The molecule has 0 saturated carbocycles. The molecule has 0 aliphatic carbocycles. The van der Waals surface area contributed by atoms with E-state index in [0.717, 1.165) is 28.3 Å². The quantitative estimate of drug-likeness (QED) is 0.796. The van der Waals surface area contributed by atoms with Crippen LogP contribution in [0.3, 0.4) is 0 Å². The summed E-state index contributed by atoms with van der Waals surface area (Å²) in [5, 5.41) is 0.752. The first-order valence-electron chi connectivity index (χ1n) is 6.16. The first kappa shape index (κ1) is 12.2. The molecule has 0 amide bonds. The van der Waals surface area contributed by atoms with E-state index in [1.165, 1.54) is 5.56 Å². The summed E-state index contributed by atoms with van der Waals surface area (Å²) in [6, 6.07) is 11.9. The van der Waals surface area contributed by atoms with Gasteiger partial charge in [0.05, 0.1) is 11.7 Å². The number of halogens is 1. The van der Waals surface area contributed by atoms with Gasteiger partial charge in [-0.2, -0.15) is 0 Å². The normalized spacial score (nSPS) is 11.1. The molecule has 3 aromatic rings. The molecule has 19 heavy (non-hydrogen) atoms. The number of fused-ring (bicyclic) bond motifs is 1. The largest absolute Gasteiger partial charge is 0.326 e. The molecule has 2 heterocycles. The fraction of sp³-hybridized carbons (Fsp3) is 0.133. The molecule has 3 rings (SSSR count). The Hall–Kier alpha value is -1.84. The average Bonchev–Trinajstić information content (AvgIpc) is 2.84. The lowest BCUT2D eigenvalue weighted by Gasteiger charge is -2.04. The minimum atomic E-state index is 0.524. The van der Waals surface area contributed by atoms with Gasteiger partial charge in [-0.3, -0.25) is 0 Å². The van der Waals surface area contributed by atoms with Crippen LogP contribution in [0, 0.1) is 0 Å². The van der Waals surface area contributed by atoms with Crippen LogP contribution in [0.2, 0.25) is 5.02 Å². The van der Waals surface area contributed by atoms with E-state index in [1.54, 1.807) is 0 Å². The van der Waals surface area contributed by atoms with Gasteiger partial charge in [-0.1, -0.05) is 29.8 Å². The Labute approximate surface area is 116 Å². The monoisotopic (exact) mass is 271 g/mol. The smallest absolute Gasteiger partial charge is 0.117 e. The second-order valence-corrected chi connectivity index (χ2v) is 4.91. The van der Waals surface area contributed by atoms with E-state index >= 15 is 0 Å². The zero-order valence-electron chi connectivity index (χ0n) is 10.4. The van der Waals surface area contributed by atoms with Gasteiger partial charge in [-0.15, -0.1) is 0 Å². The minimum absolute atomic E-state index is 0.524. The Balaban J connectivity index is 1.99. The Bertz CT molecular complexity index is 701. The Morgan fingerprint density at radius 2 is 1.95 bits per heavy atom. The summed E-state index contributed by atoms with van der Waals surface area (Å²) in [4.78, 5) is 4.50. The zero-order chi connectivity index (χ0) is 13.2. The third-order valence-corrected chi connectivity index (χ3v) is 3.48. The summed E-state index contributed by atoms with van der Waals surface area (Å²) >= 11 is 5.89. The molecule has 0 saturated heterocycles. The maximum Gasteiger partial charge on any atom is 0.117 e. The van der Waals surface area contributed by atoms with Crippen LogP contribution in [0.25, 0.3) is 5.52 Å². The lowest BCUT2D eigenvalue weighted by molar-refractivity contribution is 0.951. The van der Waals surface area contributed by atoms with Gasteiger partial charge in [0.15, 0.2) is 0 Å². The average molecular weight is 272 g/mol. The maximum absolute atomic E-state index is 5.89. The van der Waals surface area contributed by atoms with Crippen LogP contribution >= 0.6 is 11.6 Å². The molecule has 0 radical (unpaired) electrons. The van der Waals surface area contributed by atoms with Crippen molar-refractivity contribution < 1.29 is 0 Å². The lowest BCUT2D eigenvalue weighted by atomic mass is 10.1. The predicted molar refractivity (Wildman–Crippen MR) is 77.3 cm³/mol. The maximum atomic E-state index is 5.89. The fourth-order valence-electron chi connectivity index (χ4n) is 2.22. The van der Waals surface area contributed by atoms with Gasteiger partial charge in [-0.05, 0) is 29.3 Å². The number of benzene rings is 1. The minimum Gasteiger partial charge on any atom is -0.326 e. The number of rotatable bonds is 3. The van der Waals surface area contributed by atoms with Crippen LogP contribution in [0.5, 0.6) is 0 Å². The first-order valence-corrected chi connectivity index (χ1v) is 6.54. The van der Waals surface area contributed by atoms with E-state index in [4.69, 9.17) is 17.3 Å². The number of hydrogen-bond acceptors (Lipinski definition) is 2. The van der Waals surface area contributed by atoms with E-state index in [0.29, 0.717) is 6.54 Å². The van der Waals surface area contributed by atoms with Crippen LogP contribution in [0.1, 0.15) is 17.0 Å². The van der Waals surface area contributed by atoms with Gasteiger partial charge in [0.2, 0.25) is 0 Å². The standard InChI is InChI=1S/C15H14ClN3/c16-13-5-3-11(4-6-13)8-15-18-10-14-12(9-17)2-1-7-19(14)15/h1-7,10H,8-9,17H2. The molecule has 0 fully saturated rings. The number of hydrogen-bond donors (Lipinski definition) is 1. The van der Waals surface area contributed by atoms with E-state index in [1.807, 2.05) is 48.8 Å². The van der Waals surface area contributed by atoms with Crippen molar-refractivity contribution in [3.63, 3.8) is 0 Å². The summed E-state index contributed by atoms with van der Waals surface area (Å²) in [5.41, 5.74) is 9.11. The molecular formula is C15H14ClN3. The van der Waals surface area contributed by atoms with E-state index in [9.17, 15) is 0 Å². The third kappa shape index (κ3) is 2.35. The van der Waals surface area contributed by atoms with Crippen molar-refractivity contribution in [2.45, 2.75) is 13.0 Å². The van der Waals surface area contributed by atoms with Gasteiger partial charge < -0.3 is 10.1 Å². The van der Waals surface area contributed by atoms with Gasteiger partial charge in [0.1, 0.15) is 5.82 Å². The third-order valence-electron chi connectivity index (χ3n) is 3.23. The Morgan fingerprint density at radius 3 is 2.68 bits per heavy atom. The van der Waals surface area contributed by atoms with Gasteiger partial charge in [0.25, 0.3) is 0 Å². The first-order chi connectivity index (χ1) is 9.28. The van der Waals surface area contributed by atoms with Crippen LogP contribution < -0.4 is 5.73 Å². The number of aromatic nitrogens is 2. The molecule has 0 bridgehead atoms. The second-order valence-electron chi connectivity index (χ2n) is 4.47. The Kier molecular flexibility index (Phi) is 3.23. The highest BCUT2D eigenvalue weighted by atomic mass is 35.5. The number of nitrogens with two attached hydrogens (primary N) is 1. The van der Waals surface area contributed by atoms with Crippen molar-refractivity contribution in [1.82, 2.24) is 9.38 Å². The van der Waals surface area contributed by atoms with E-state index in [-0.39, 0.29) is 0 Å². The molecule has 3 nitrogen and oxygen atoms in total. The molecule has 96 valence electrons. The summed E-state index contributed by atoms with van der Waals surface area (Å²) in [6.07, 6.45) is 4.68. The highest BCUT2D eigenvalue weighted by Crippen LogP contribution is 2.16. The van der Waals surface area contributed by atoms with Crippen LogP contribution in [0.4, 0.5) is 0 Å². The second kappa shape index (κ2) is 5.03. The molecule has 0 unspecified atom stereocenters.